The molecule has 0 aliphatic heterocycles. The van der Waals surface area contributed by atoms with E-state index >= 15 is 0 Å². The first kappa shape index (κ1) is 15.9. The van der Waals surface area contributed by atoms with Crippen LogP contribution in [0.4, 0.5) is 4.39 Å². The molecule has 112 valence electrons. The lowest BCUT2D eigenvalue weighted by Gasteiger charge is -2.10. The van der Waals surface area contributed by atoms with Gasteiger partial charge in [0.25, 0.3) is 0 Å². The van der Waals surface area contributed by atoms with Crippen LogP contribution in [0.1, 0.15) is 18.0 Å². The minimum absolute atomic E-state index is 0.0671. The van der Waals surface area contributed by atoms with Gasteiger partial charge in [-0.2, -0.15) is 0 Å². The van der Waals surface area contributed by atoms with Crippen LogP contribution in [-0.4, -0.2) is 24.5 Å². The fourth-order valence-corrected chi connectivity index (χ4v) is 2.81. The number of amides is 1. The molecule has 0 saturated heterocycles. The number of rotatable bonds is 5. The summed E-state index contributed by atoms with van der Waals surface area (Å²) in [6.45, 7) is 2.13. The first-order valence-electron chi connectivity index (χ1n) is 6.36. The molecule has 2 N–H and O–H groups in total. The molecular weight excluding hydrogens is 313 g/mol. The Morgan fingerprint density at radius 1 is 1.52 bits per heavy atom. The summed E-state index contributed by atoms with van der Waals surface area (Å²) in [5.74, 6) is -0.546. The zero-order valence-corrected chi connectivity index (χ0v) is 13.2. The Hall–Kier alpha value is -1.50. The quantitative estimate of drug-likeness (QED) is 0.887. The smallest absolute Gasteiger partial charge is 0.234 e. The van der Waals surface area contributed by atoms with Gasteiger partial charge in [-0.15, -0.1) is 11.3 Å². The van der Waals surface area contributed by atoms with E-state index in [0.717, 1.165) is 10.6 Å². The minimum Gasteiger partial charge on any atom is -0.346 e. The second-order valence-electron chi connectivity index (χ2n) is 4.52. The highest BCUT2D eigenvalue weighted by Crippen LogP contribution is 2.28. The van der Waals surface area contributed by atoms with Crippen LogP contribution in [0.25, 0.3) is 11.3 Å². The van der Waals surface area contributed by atoms with Crippen molar-refractivity contribution in [2.24, 2.45) is 0 Å². The molecule has 2 aromatic rings. The minimum atomic E-state index is -0.455. The molecule has 0 radical (unpaired) electrons. The van der Waals surface area contributed by atoms with Gasteiger partial charge in [0.15, 0.2) is 0 Å². The molecule has 1 heterocycles. The molecule has 1 aromatic carbocycles. The van der Waals surface area contributed by atoms with Crippen molar-refractivity contribution >= 4 is 28.8 Å². The monoisotopic (exact) mass is 327 g/mol. The summed E-state index contributed by atoms with van der Waals surface area (Å²) in [5.41, 5.74) is 1.46. The third kappa shape index (κ3) is 4.00. The fourth-order valence-electron chi connectivity index (χ4n) is 1.79. The van der Waals surface area contributed by atoms with E-state index in [1.165, 1.54) is 17.4 Å². The van der Waals surface area contributed by atoms with Crippen LogP contribution in [0.2, 0.25) is 5.02 Å². The molecule has 2 rings (SSSR count). The van der Waals surface area contributed by atoms with Gasteiger partial charge in [0, 0.05) is 10.9 Å². The van der Waals surface area contributed by atoms with Gasteiger partial charge in [0.2, 0.25) is 5.91 Å². The summed E-state index contributed by atoms with van der Waals surface area (Å²) in [6.07, 6.45) is 0. The third-order valence-electron chi connectivity index (χ3n) is 2.82. The fraction of sp³-hybridized carbons (Fsp3) is 0.286. The van der Waals surface area contributed by atoms with Gasteiger partial charge >= 0.3 is 0 Å². The van der Waals surface area contributed by atoms with E-state index in [4.69, 9.17) is 11.6 Å². The molecule has 0 aliphatic carbocycles. The van der Waals surface area contributed by atoms with Crippen molar-refractivity contribution in [1.82, 2.24) is 15.6 Å². The van der Waals surface area contributed by atoms with Gasteiger partial charge in [0.1, 0.15) is 10.8 Å². The van der Waals surface area contributed by atoms with Crippen LogP contribution in [0, 0.1) is 5.82 Å². The summed E-state index contributed by atoms with van der Waals surface area (Å²) < 4.78 is 13.2. The van der Waals surface area contributed by atoms with Crippen molar-refractivity contribution in [2.45, 2.75) is 13.0 Å². The van der Waals surface area contributed by atoms with Crippen molar-refractivity contribution < 1.29 is 9.18 Å². The van der Waals surface area contributed by atoms with E-state index in [0.29, 0.717) is 5.69 Å². The van der Waals surface area contributed by atoms with E-state index < -0.39 is 5.82 Å². The molecule has 4 nitrogen and oxygen atoms in total. The standard InChI is InChI=1S/C14H15ClFN3OS/c1-8(18-13(20)6-17-2)14-19-12(7-21-14)9-3-4-11(16)10(15)5-9/h3-5,7-8,17H,6H2,1-2H3,(H,18,20)/t8-/m1/s1. The van der Waals surface area contributed by atoms with Gasteiger partial charge in [0.05, 0.1) is 23.3 Å². The number of hydrogen-bond acceptors (Lipinski definition) is 4. The van der Waals surface area contributed by atoms with E-state index in [2.05, 4.69) is 15.6 Å². The van der Waals surface area contributed by atoms with E-state index in [1.54, 1.807) is 19.2 Å². The summed E-state index contributed by atoms with van der Waals surface area (Å²) >= 11 is 7.21. The molecule has 1 atom stereocenters. The molecule has 0 unspecified atom stereocenters. The molecular formula is C14H15ClFN3OS. The van der Waals surface area contributed by atoms with Crippen LogP contribution in [0.3, 0.4) is 0 Å². The SMILES string of the molecule is CNCC(=O)N[C@H](C)c1nc(-c2ccc(F)c(Cl)c2)cs1. The number of likely N-dealkylation sites (N-methyl/N-ethyl adjacent to an activating group) is 1. The van der Waals surface area contributed by atoms with E-state index in [-0.39, 0.29) is 23.5 Å². The summed E-state index contributed by atoms with van der Waals surface area (Å²) in [7, 11) is 1.71. The maximum Gasteiger partial charge on any atom is 0.234 e. The normalized spacial score (nSPS) is 12.2. The molecule has 0 spiro atoms. The van der Waals surface area contributed by atoms with Crippen LogP contribution in [-0.2, 0) is 4.79 Å². The van der Waals surface area contributed by atoms with Gasteiger partial charge < -0.3 is 10.6 Å². The topological polar surface area (TPSA) is 54.0 Å². The summed E-state index contributed by atoms with van der Waals surface area (Å²) in [4.78, 5) is 16.0. The maximum atomic E-state index is 13.2. The number of benzene rings is 1. The first-order chi connectivity index (χ1) is 10.0. The molecule has 0 saturated carbocycles. The second kappa shape index (κ2) is 6.98. The Labute approximate surface area is 131 Å². The molecule has 0 bridgehead atoms. The van der Waals surface area contributed by atoms with Crippen molar-refractivity contribution in [3.8, 4) is 11.3 Å². The number of carbonyl (C=O) groups is 1. The number of carbonyl (C=O) groups excluding carboxylic acids is 1. The van der Waals surface area contributed by atoms with Crippen molar-refractivity contribution in [1.29, 1.82) is 0 Å². The number of thiazole rings is 1. The van der Waals surface area contributed by atoms with Crippen molar-refractivity contribution in [2.75, 3.05) is 13.6 Å². The largest absolute Gasteiger partial charge is 0.346 e. The number of hydrogen-bond donors (Lipinski definition) is 2. The Balaban J connectivity index is 2.13. The van der Waals surface area contributed by atoms with Crippen LogP contribution in [0.5, 0.6) is 0 Å². The highest BCUT2D eigenvalue weighted by Gasteiger charge is 2.14. The molecule has 0 aliphatic rings. The number of nitrogens with one attached hydrogen (secondary N) is 2. The Morgan fingerprint density at radius 2 is 2.29 bits per heavy atom. The van der Waals surface area contributed by atoms with Crippen molar-refractivity contribution in [3.63, 3.8) is 0 Å². The predicted molar refractivity (Wildman–Crippen MR) is 83.0 cm³/mol. The highest BCUT2D eigenvalue weighted by atomic mass is 35.5. The third-order valence-corrected chi connectivity index (χ3v) is 4.14. The maximum absolute atomic E-state index is 13.2. The molecule has 1 aromatic heterocycles. The van der Waals surface area contributed by atoms with Gasteiger partial charge in [-0.25, -0.2) is 9.37 Å². The summed E-state index contributed by atoms with van der Waals surface area (Å²) in [6, 6.07) is 4.31. The average molecular weight is 328 g/mol. The average Bonchev–Trinajstić information content (AvgIpc) is 2.92. The lowest BCUT2D eigenvalue weighted by atomic mass is 10.2. The Morgan fingerprint density at radius 3 is 2.95 bits per heavy atom. The first-order valence-corrected chi connectivity index (χ1v) is 7.62. The Kier molecular flexibility index (Phi) is 5.27. The van der Waals surface area contributed by atoms with Gasteiger partial charge in [-0.05, 0) is 32.2 Å². The zero-order chi connectivity index (χ0) is 15.4. The van der Waals surface area contributed by atoms with Crippen LogP contribution >= 0.6 is 22.9 Å². The van der Waals surface area contributed by atoms with Crippen LogP contribution < -0.4 is 10.6 Å². The van der Waals surface area contributed by atoms with Crippen molar-refractivity contribution in [3.05, 3.63) is 39.4 Å². The lowest BCUT2D eigenvalue weighted by Crippen LogP contribution is -2.33. The van der Waals surface area contributed by atoms with E-state index in [1.807, 2.05) is 12.3 Å². The number of nitrogens with zero attached hydrogens (tertiary/aromatic N) is 1. The zero-order valence-electron chi connectivity index (χ0n) is 11.6. The molecule has 21 heavy (non-hydrogen) atoms. The number of halogens is 2. The molecule has 1 amide bonds. The van der Waals surface area contributed by atoms with Gasteiger partial charge in [-0.3, -0.25) is 4.79 Å². The summed E-state index contributed by atoms with van der Waals surface area (Å²) in [5, 5.41) is 8.35. The lowest BCUT2D eigenvalue weighted by molar-refractivity contribution is -0.120. The second-order valence-corrected chi connectivity index (χ2v) is 5.82. The number of aromatic nitrogens is 1. The van der Waals surface area contributed by atoms with Crippen LogP contribution in [0.15, 0.2) is 23.6 Å². The Bertz CT molecular complexity index is 647. The molecule has 7 heteroatoms. The predicted octanol–water partition coefficient (Wildman–Crippen LogP) is 3.00. The van der Waals surface area contributed by atoms with Gasteiger partial charge in [-0.1, -0.05) is 11.6 Å². The highest BCUT2D eigenvalue weighted by molar-refractivity contribution is 7.10. The van der Waals surface area contributed by atoms with E-state index in [9.17, 15) is 9.18 Å². The molecule has 0 fully saturated rings.